The number of esters is 3. The third kappa shape index (κ3) is 9.57. The van der Waals surface area contributed by atoms with Crippen LogP contribution in [0.25, 0.3) is 0 Å². The first-order valence-corrected chi connectivity index (χ1v) is 16.0. The van der Waals surface area contributed by atoms with E-state index in [0.29, 0.717) is 6.04 Å². The Morgan fingerprint density at radius 1 is 1.00 bits per heavy atom. The van der Waals surface area contributed by atoms with Crippen molar-refractivity contribution in [3.63, 3.8) is 0 Å². The van der Waals surface area contributed by atoms with E-state index < -0.39 is 64.5 Å². The molecule has 1 heterocycles. The van der Waals surface area contributed by atoms with Gasteiger partial charge >= 0.3 is 17.9 Å². The number of alkyl halides is 1. The van der Waals surface area contributed by atoms with E-state index in [0.717, 1.165) is 0 Å². The molecule has 30 heavy (non-hydrogen) atoms. The van der Waals surface area contributed by atoms with Crippen molar-refractivity contribution >= 4 is 58.6 Å². The number of hydrogen-bond donors (Lipinski definition) is 1. The zero-order valence-electron chi connectivity index (χ0n) is 18.0. The molecular weight excluding hydrogens is 549 g/mol. The smallest absolute Gasteiger partial charge is 0.303 e. The van der Waals surface area contributed by atoms with Crippen LogP contribution in [0.4, 0.5) is 0 Å². The molecule has 0 aliphatic carbocycles. The van der Waals surface area contributed by atoms with Crippen molar-refractivity contribution in [1.82, 2.24) is 4.72 Å². The van der Waals surface area contributed by atoms with Crippen LogP contribution in [-0.4, -0.2) is 75.2 Å². The monoisotopic (exact) mass is 579 g/mol. The number of carbonyl (C=O) groups is 3. The molecule has 13 heteroatoms. The van der Waals surface area contributed by atoms with Gasteiger partial charge in [0.2, 0.25) is 10.0 Å². The minimum absolute atomic E-state index is 0.0633. The Labute approximate surface area is 191 Å². The molecule has 0 amide bonds. The molecule has 0 aromatic heterocycles. The van der Waals surface area contributed by atoms with Crippen molar-refractivity contribution in [2.75, 3.05) is 12.4 Å². The van der Waals surface area contributed by atoms with Crippen molar-refractivity contribution < 1.29 is 41.7 Å². The highest BCUT2D eigenvalue weighted by molar-refractivity contribution is 14.1. The van der Waals surface area contributed by atoms with Gasteiger partial charge in [-0.2, -0.15) is 4.72 Å². The molecule has 0 spiro atoms. The molecule has 10 nitrogen and oxygen atoms in total. The van der Waals surface area contributed by atoms with Crippen LogP contribution >= 0.6 is 22.6 Å². The van der Waals surface area contributed by atoms with E-state index in [1.54, 1.807) is 0 Å². The van der Waals surface area contributed by atoms with E-state index in [1.165, 1.54) is 20.8 Å². The molecule has 0 aromatic rings. The number of halogens is 1. The van der Waals surface area contributed by atoms with Gasteiger partial charge in [-0.05, 0) is 6.04 Å². The third-order valence-corrected chi connectivity index (χ3v) is 8.89. The predicted molar refractivity (Wildman–Crippen MR) is 119 cm³/mol. The molecule has 0 radical (unpaired) electrons. The van der Waals surface area contributed by atoms with Gasteiger partial charge in [0, 0.05) is 28.8 Å². The van der Waals surface area contributed by atoms with Crippen molar-refractivity contribution in [3.8, 4) is 0 Å². The second-order valence-corrected chi connectivity index (χ2v) is 17.2. The Bertz CT molecular complexity index is 740. The Morgan fingerprint density at radius 2 is 1.53 bits per heavy atom. The molecule has 1 rings (SSSR count). The number of nitrogens with one attached hydrogen (secondary N) is 1. The van der Waals surface area contributed by atoms with Gasteiger partial charge in [0.15, 0.2) is 12.2 Å². The lowest BCUT2D eigenvalue weighted by Crippen LogP contribution is -2.63. The minimum atomic E-state index is -3.70. The lowest BCUT2D eigenvalue weighted by Gasteiger charge is -2.43. The first-order valence-electron chi connectivity index (χ1n) is 9.38. The highest BCUT2D eigenvalue weighted by atomic mass is 127. The van der Waals surface area contributed by atoms with E-state index in [1.807, 2.05) is 22.6 Å². The molecule has 0 unspecified atom stereocenters. The molecule has 1 fully saturated rings. The van der Waals surface area contributed by atoms with Crippen molar-refractivity contribution in [2.45, 2.75) is 74.9 Å². The Morgan fingerprint density at radius 3 is 2.00 bits per heavy atom. The topological polar surface area (TPSA) is 134 Å². The summed E-state index contributed by atoms with van der Waals surface area (Å²) in [7, 11) is -5.29. The maximum absolute atomic E-state index is 12.6. The summed E-state index contributed by atoms with van der Waals surface area (Å²) in [5.74, 6) is -1.93. The predicted octanol–water partition coefficient (Wildman–Crippen LogP) is 1.20. The van der Waals surface area contributed by atoms with Gasteiger partial charge in [0.25, 0.3) is 0 Å². The fourth-order valence-corrected chi connectivity index (χ4v) is 8.01. The van der Waals surface area contributed by atoms with Crippen LogP contribution in [0.3, 0.4) is 0 Å². The second kappa shape index (κ2) is 11.2. The summed E-state index contributed by atoms with van der Waals surface area (Å²) in [4.78, 5) is 34.5. The summed E-state index contributed by atoms with van der Waals surface area (Å²) in [6.07, 6.45) is -4.19. The third-order valence-electron chi connectivity index (χ3n) is 4.09. The number of carbonyl (C=O) groups excluding carboxylic acids is 3. The number of sulfonamides is 1. The summed E-state index contributed by atoms with van der Waals surface area (Å²) < 4.78 is 48.4. The van der Waals surface area contributed by atoms with Crippen LogP contribution in [0.1, 0.15) is 20.8 Å². The molecular formula is C17H30INO9SSi. The fourth-order valence-electron chi connectivity index (χ4n) is 2.67. The van der Waals surface area contributed by atoms with Crippen LogP contribution in [0.5, 0.6) is 0 Å². The molecule has 174 valence electrons. The molecule has 1 saturated heterocycles. The van der Waals surface area contributed by atoms with E-state index in [-0.39, 0.29) is 12.4 Å². The van der Waals surface area contributed by atoms with Gasteiger partial charge < -0.3 is 18.9 Å². The van der Waals surface area contributed by atoms with Gasteiger partial charge in [0.05, 0.1) is 9.68 Å². The quantitative estimate of drug-likeness (QED) is 0.141. The van der Waals surface area contributed by atoms with Gasteiger partial charge in [-0.15, -0.1) is 0 Å². The first-order chi connectivity index (χ1) is 13.6. The van der Waals surface area contributed by atoms with Gasteiger partial charge in [0.1, 0.15) is 18.9 Å². The second-order valence-electron chi connectivity index (χ2n) is 8.24. The average Bonchev–Trinajstić information content (AvgIpc) is 2.56. The summed E-state index contributed by atoms with van der Waals surface area (Å²) in [5, 5.41) is 0. The van der Waals surface area contributed by atoms with Crippen LogP contribution in [0.2, 0.25) is 25.7 Å². The summed E-state index contributed by atoms with van der Waals surface area (Å²) in [5.41, 5.74) is 0. The van der Waals surface area contributed by atoms with Crippen molar-refractivity contribution in [2.24, 2.45) is 0 Å². The van der Waals surface area contributed by atoms with Crippen LogP contribution in [0, 0.1) is 0 Å². The van der Waals surface area contributed by atoms with Gasteiger partial charge in [-0.1, -0.05) is 42.2 Å². The zero-order valence-corrected chi connectivity index (χ0v) is 21.9. The molecule has 1 aliphatic heterocycles. The van der Waals surface area contributed by atoms with E-state index in [2.05, 4.69) is 24.4 Å². The first kappa shape index (κ1) is 27.3. The molecule has 5 atom stereocenters. The molecule has 0 bridgehead atoms. The van der Waals surface area contributed by atoms with E-state index >= 15 is 0 Å². The average molecular weight is 579 g/mol. The summed E-state index contributed by atoms with van der Waals surface area (Å²) in [6, 6.07) is 0.557. The SMILES string of the molecule is CC(=O)OC[C@H]1O[C@H](NS(=O)(=O)CC[Si](C)(C)C)[C@@H](I)[C@@H](OC(C)=O)[C@@H]1OC(C)=O. The number of hydrogen-bond acceptors (Lipinski definition) is 9. The van der Waals surface area contributed by atoms with E-state index in [4.69, 9.17) is 18.9 Å². The Hall–Kier alpha value is -0.773. The summed E-state index contributed by atoms with van der Waals surface area (Å²) in [6.45, 7) is 9.47. The van der Waals surface area contributed by atoms with Crippen molar-refractivity contribution in [3.05, 3.63) is 0 Å². The van der Waals surface area contributed by atoms with Gasteiger partial charge in [-0.3, -0.25) is 14.4 Å². The summed E-state index contributed by atoms with van der Waals surface area (Å²) >= 11 is 1.89. The Kier molecular flexibility index (Phi) is 10.2. The van der Waals surface area contributed by atoms with E-state index in [9.17, 15) is 22.8 Å². The largest absolute Gasteiger partial charge is 0.463 e. The molecule has 1 N–H and O–H groups in total. The Balaban J connectivity index is 3.13. The van der Waals surface area contributed by atoms with Crippen LogP contribution in [-0.2, 0) is 43.4 Å². The molecule has 0 saturated carbocycles. The molecule has 0 aromatic carbocycles. The lowest BCUT2D eigenvalue weighted by molar-refractivity contribution is -0.212. The maximum atomic E-state index is 12.6. The maximum Gasteiger partial charge on any atom is 0.303 e. The normalized spacial score (nSPS) is 27.2. The lowest BCUT2D eigenvalue weighted by atomic mass is 10.0. The minimum Gasteiger partial charge on any atom is -0.463 e. The van der Waals surface area contributed by atoms with Crippen molar-refractivity contribution in [1.29, 1.82) is 0 Å². The van der Waals surface area contributed by atoms with Gasteiger partial charge in [-0.25, -0.2) is 8.42 Å². The highest BCUT2D eigenvalue weighted by Crippen LogP contribution is 2.31. The zero-order chi connectivity index (χ0) is 23.3. The highest BCUT2D eigenvalue weighted by Gasteiger charge is 2.50. The molecule has 1 aliphatic rings. The standard InChI is InChI=1S/C17H30INO9SSi/c1-10(20)25-9-13-15(26-11(2)21)16(27-12(3)22)14(18)17(28-13)19-29(23,24)7-8-30(4,5)6/h13-17,19H,7-9H2,1-6H3/t13-,14+,15-,16-,17+/m1/s1. The van der Waals surface area contributed by atoms with Crippen LogP contribution < -0.4 is 4.72 Å². The fraction of sp³-hybridized carbons (Fsp3) is 0.824. The number of rotatable bonds is 9. The van der Waals surface area contributed by atoms with Crippen LogP contribution in [0.15, 0.2) is 0 Å². The number of ether oxygens (including phenoxy) is 4.